The summed E-state index contributed by atoms with van der Waals surface area (Å²) in [6.07, 6.45) is 6.81. The van der Waals surface area contributed by atoms with Gasteiger partial charge < -0.3 is 14.6 Å². The molecule has 1 aliphatic carbocycles. The van der Waals surface area contributed by atoms with E-state index in [4.69, 9.17) is 26.3 Å². The normalized spacial score (nSPS) is 15.1. The molecule has 3 aliphatic rings. The minimum absolute atomic E-state index is 0.200. The van der Waals surface area contributed by atoms with Crippen molar-refractivity contribution in [1.29, 1.82) is 0 Å². The number of halogens is 1. The second-order valence-corrected chi connectivity index (χ2v) is 8.93. The zero-order chi connectivity index (χ0) is 23.6. The Balaban J connectivity index is 1.62. The van der Waals surface area contributed by atoms with Crippen molar-refractivity contribution in [1.82, 2.24) is 19.5 Å². The van der Waals surface area contributed by atoms with E-state index in [-0.39, 0.29) is 6.04 Å². The van der Waals surface area contributed by atoms with E-state index >= 15 is 0 Å². The lowest BCUT2D eigenvalue weighted by Gasteiger charge is -2.21. The number of rotatable bonds is 4. The lowest BCUT2D eigenvalue weighted by atomic mass is 10.1. The minimum atomic E-state index is 0.200. The molecule has 0 radical (unpaired) electrons. The van der Waals surface area contributed by atoms with Crippen molar-refractivity contribution < 1.29 is 4.74 Å². The summed E-state index contributed by atoms with van der Waals surface area (Å²) in [7, 11) is 0. The van der Waals surface area contributed by atoms with Gasteiger partial charge in [-0.3, -0.25) is 4.99 Å². The fourth-order valence-corrected chi connectivity index (χ4v) is 4.57. The van der Waals surface area contributed by atoms with Crippen LogP contribution in [0.15, 0.2) is 84.4 Å². The molecule has 0 atom stereocenters. The molecule has 8 heteroatoms. The topological polar surface area (TPSA) is 77.2 Å². The van der Waals surface area contributed by atoms with Gasteiger partial charge in [-0.1, -0.05) is 23.7 Å². The van der Waals surface area contributed by atoms with Gasteiger partial charge >= 0.3 is 0 Å². The van der Waals surface area contributed by atoms with Crippen LogP contribution in [0.25, 0.3) is 28.1 Å². The van der Waals surface area contributed by atoms with Crippen molar-refractivity contribution in [2.75, 3.05) is 18.5 Å². The van der Waals surface area contributed by atoms with Crippen LogP contribution in [-0.4, -0.2) is 38.8 Å². The molecule has 0 saturated carbocycles. The molecular formula is C27H23ClN6O. The van der Waals surface area contributed by atoms with Crippen molar-refractivity contribution in [3.05, 3.63) is 89.8 Å². The summed E-state index contributed by atoms with van der Waals surface area (Å²) in [4.78, 5) is 18.4. The quantitative estimate of drug-likeness (QED) is 0.347. The van der Waals surface area contributed by atoms with Gasteiger partial charge in [-0.25, -0.2) is 15.0 Å². The Morgan fingerprint density at radius 2 is 1.74 bits per heavy atom. The first-order valence-electron chi connectivity index (χ1n) is 11.6. The van der Waals surface area contributed by atoms with Gasteiger partial charge in [-0.2, -0.15) is 0 Å². The van der Waals surface area contributed by atoms with Crippen LogP contribution in [0.5, 0.6) is 0 Å². The molecule has 1 fully saturated rings. The molecule has 0 bridgehead atoms. The predicted molar refractivity (Wildman–Crippen MR) is 137 cm³/mol. The number of nitrogens with one attached hydrogen (secondary N) is 1. The van der Waals surface area contributed by atoms with Crippen molar-refractivity contribution in [3.63, 3.8) is 0 Å². The van der Waals surface area contributed by atoms with Crippen LogP contribution in [0.2, 0.25) is 5.02 Å². The molecule has 0 unspecified atom stereocenters. The molecule has 1 aromatic heterocycles. The lowest BCUT2D eigenvalue weighted by Crippen LogP contribution is -2.23. The Labute approximate surface area is 207 Å². The van der Waals surface area contributed by atoms with Gasteiger partial charge in [0.25, 0.3) is 0 Å². The van der Waals surface area contributed by atoms with E-state index in [0.29, 0.717) is 5.02 Å². The van der Waals surface area contributed by atoms with Crippen LogP contribution < -0.4 is 10.7 Å². The lowest BCUT2D eigenvalue weighted by molar-refractivity contribution is 0.0864. The molecule has 2 aromatic carbocycles. The SMILES string of the molecule is Clc1ccc(-n2c3c/c(=N\C4CCOCC4)c(Nc4cncnc4)cc-3nc3ccccc32)cc1. The first-order valence-corrected chi connectivity index (χ1v) is 12.0. The number of hydrogen-bond donors (Lipinski definition) is 1. The predicted octanol–water partition coefficient (Wildman–Crippen LogP) is 5.40. The van der Waals surface area contributed by atoms with E-state index < -0.39 is 0 Å². The monoisotopic (exact) mass is 482 g/mol. The Bertz CT molecular complexity index is 1510. The fraction of sp³-hybridized carbons (Fsp3) is 0.185. The van der Waals surface area contributed by atoms with E-state index in [0.717, 1.165) is 70.9 Å². The summed E-state index contributed by atoms with van der Waals surface area (Å²) in [6.45, 7) is 1.46. The van der Waals surface area contributed by atoms with Gasteiger partial charge in [-0.15, -0.1) is 0 Å². The van der Waals surface area contributed by atoms with Crippen LogP contribution in [0.3, 0.4) is 0 Å². The van der Waals surface area contributed by atoms with E-state index in [1.54, 1.807) is 12.4 Å². The molecule has 0 spiro atoms. The third-order valence-corrected chi connectivity index (χ3v) is 6.39. The molecular weight excluding hydrogens is 460 g/mol. The summed E-state index contributed by atoms with van der Waals surface area (Å²) in [6, 6.07) is 20.4. The average Bonchev–Trinajstić information content (AvgIpc) is 2.90. The summed E-state index contributed by atoms with van der Waals surface area (Å²) in [5, 5.41) is 5.02. The molecule has 1 saturated heterocycles. The Morgan fingerprint density at radius 3 is 2.54 bits per heavy atom. The van der Waals surface area contributed by atoms with Crippen LogP contribution in [-0.2, 0) is 4.74 Å². The van der Waals surface area contributed by atoms with Crippen molar-refractivity contribution in [2.45, 2.75) is 18.9 Å². The first kappa shape index (κ1) is 21.7. The zero-order valence-corrected chi connectivity index (χ0v) is 19.7. The van der Waals surface area contributed by atoms with E-state index in [1.807, 2.05) is 42.5 Å². The maximum absolute atomic E-state index is 6.20. The molecule has 1 N–H and O–H groups in total. The number of ether oxygens (including phenoxy) is 1. The molecule has 2 aliphatic heterocycles. The maximum Gasteiger partial charge on any atom is 0.115 e. The number of fused-ring (bicyclic) bond motifs is 2. The van der Waals surface area contributed by atoms with Gasteiger partial charge in [0, 0.05) is 23.9 Å². The van der Waals surface area contributed by atoms with Crippen molar-refractivity contribution in [2.24, 2.45) is 4.99 Å². The van der Waals surface area contributed by atoms with E-state index in [1.165, 1.54) is 6.33 Å². The minimum Gasteiger partial charge on any atom is -0.381 e. The number of nitrogens with zero attached hydrogens (tertiary/aromatic N) is 5. The zero-order valence-electron chi connectivity index (χ0n) is 18.9. The van der Waals surface area contributed by atoms with Crippen LogP contribution in [0, 0.1) is 0 Å². The molecule has 3 heterocycles. The third kappa shape index (κ3) is 4.48. The molecule has 0 amide bonds. The van der Waals surface area contributed by atoms with Gasteiger partial charge in [0.1, 0.15) is 6.33 Å². The summed E-state index contributed by atoms with van der Waals surface area (Å²) in [5.41, 5.74) is 6.39. The van der Waals surface area contributed by atoms with Crippen LogP contribution >= 0.6 is 11.6 Å². The maximum atomic E-state index is 6.20. The summed E-state index contributed by atoms with van der Waals surface area (Å²) >= 11 is 6.20. The molecule has 35 heavy (non-hydrogen) atoms. The van der Waals surface area contributed by atoms with Gasteiger partial charge in [-0.05, 0) is 61.4 Å². The molecule has 6 rings (SSSR count). The number of hydrogen-bond acceptors (Lipinski definition) is 6. The standard InChI is InChI=1S/C27H23ClN6O/c28-18-5-7-21(8-6-18)34-26-4-2-1-3-22(26)33-25-13-23(32-20-15-29-17-30-16-20)24(14-27(25)34)31-19-9-11-35-12-10-19/h1-8,13-17,19,32H,9-12H2/b31-24+. The van der Waals surface area contributed by atoms with Crippen molar-refractivity contribution in [3.8, 4) is 17.1 Å². The second kappa shape index (κ2) is 9.44. The Hall–Kier alpha value is -3.81. The van der Waals surface area contributed by atoms with Gasteiger partial charge in [0.2, 0.25) is 0 Å². The highest BCUT2D eigenvalue weighted by atomic mass is 35.5. The van der Waals surface area contributed by atoms with Crippen LogP contribution in [0.1, 0.15) is 12.8 Å². The molecule has 174 valence electrons. The second-order valence-electron chi connectivity index (χ2n) is 8.50. The smallest absolute Gasteiger partial charge is 0.115 e. The average molecular weight is 483 g/mol. The fourth-order valence-electron chi connectivity index (χ4n) is 4.45. The molecule has 3 aromatic rings. The van der Waals surface area contributed by atoms with Gasteiger partial charge in [0.15, 0.2) is 0 Å². The highest BCUT2D eigenvalue weighted by Gasteiger charge is 2.18. The number of para-hydroxylation sites is 2. The highest BCUT2D eigenvalue weighted by Crippen LogP contribution is 2.31. The van der Waals surface area contributed by atoms with Crippen LogP contribution in [0.4, 0.5) is 11.4 Å². The third-order valence-electron chi connectivity index (χ3n) is 6.13. The Morgan fingerprint density at radius 1 is 0.971 bits per heavy atom. The molecule has 7 nitrogen and oxygen atoms in total. The number of benzene rings is 3. The largest absolute Gasteiger partial charge is 0.381 e. The Kier molecular flexibility index (Phi) is 5.86. The number of aromatic nitrogens is 4. The highest BCUT2D eigenvalue weighted by molar-refractivity contribution is 6.30. The first-order chi connectivity index (χ1) is 17.2. The van der Waals surface area contributed by atoms with Crippen molar-refractivity contribution >= 4 is 34.0 Å². The van der Waals surface area contributed by atoms with E-state index in [2.05, 4.69) is 38.1 Å². The summed E-state index contributed by atoms with van der Waals surface area (Å²) in [5.74, 6) is 0. The number of anilines is 2. The van der Waals surface area contributed by atoms with E-state index in [9.17, 15) is 0 Å². The van der Waals surface area contributed by atoms with Gasteiger partial charge in [0.05, 0.1) is 57.6 Å². The summed E-state index contributed by atoms with van der Waals surface area (Å²) < 4.78 is 7.77.